The zero-order valence-electron chi connectivity index (χ0n) is 15.1. The van der Waals surface area contributed by atoms with E-state index in [4.69, 9.17) is 0 Å². The highest BCUT2D eigenvalue weighted by Crippen LogP contribution is 2.30. The second-order valence-electron chi connectivity index (χ2n) is 7.27. The van der Waals surface area contributed by atoms with Crippen molar-refractivity contribution in [3.63, 3.8) is 0 Å². The molecule has 22 heavy (non-hydrogen) atoms. The molecule has 0 aromatic heterocycles. The van der Waals surface area contributed by atoms with Crippen LogP contribution in [0.4, 0.5) is 0 Å². The normalized spacial score (nSPS) is 20.9. The van der Waals surface area contributed by atoms with E-state index in [1.54, 1.807) is 4.31 Å². The third-order valence-electron chi connectivity index (χ3n) is 5.14. The van der Waals surface area contributed by atoms with Crippen LogP contribution in [0.15, 0.2) is 0 Å². The number of rotatable bonds is 10. The molecule has 0 amide bonds. The summed E-state index contributed by atoms with van der Waals surface area (Å²) in [4.78, 5) is 2.46. The molecule has 1 unspecified atom stereocenters. The Morgan fingerprint density at radius 3 is 2.05 bits per heavy atom. The lowest BCUT2D eigenvalue weighted by Gasteiger charge is -2.39. The molecule has 1 saturated heterocycles. The number of hydrogen-bond donors (Lipinski definition) is 0. The van der Waals surface area contributed by atoms with Gasteiger partial charge in [-0.2, -0.15) is 4.31 Å². The van der Waals surface area contributed by atoms with Crippen LogP contribution >= 0.6 is 0 Å². The maximum absolute atomic E-state index is 11.6. The van der Waals surface area contributed by atoms with E-state index in [2.05, 4.69) is 25.7 Å². The van der Waals surface area contributed by atoms with E-state index in [1.807, 2.05) is 0 Å². The summed E-state index contributed by atoms with van der Waals surface area (Å²) < 4.78 is 24.7. The number of sulfonamides is 1. The molecule has 4 nitrogen and oxygen atoms in total. The standard InChI is InChI=1S/C17H36N2O2S/c1-5-7-8-9-10-11-17(3,6-2)16-18-12-14-19(15-13-18)22(4,20)21/h5-16H2,1-4H3. The van der Waals surface area contributed by atoms with Crippen LogP contribution in [0.1, 0.15) is 65.7 Å². The zero-order chi connectivity index (χ0) is 16.6. The third-order valence-corrected chi connectivity index (χ3v) is 6.45. The molecule has 1 aliphatic heterocycles. The fourth-order valence-corrected chi connectivity index (χ4v) is 4.11. The van der Waals surface area contributed by atoms with Crippen LogP contribution in [0.5, 0.6) is 0 Å². The molecule has 0 aromatic carbocycles. The number of unbranched alkanes of at least 4 members (excludes halogenated alkanes) is 4. The summed E-state index contributed by atoms with van der Waals surface area (Å²) >= 11 is 0. The minimum atomic E-state index is -3.01. The van der Waals surface area contributed by atoms with E-state index >= 15 is 0 Å². The molecule has 5 heteroatoms. The summed E-state index contributed by atoms with van der Waals surface area (Å²) in [6.45, 7) is 11.1. The quantitative estimate of drug-likeness (QED) is 0.576. The van der Waals surface area contributed by atoms with E-state index in [9.17, 15) is 8.42 Å². The van der Waals surface area contributed by atoms with Gasteiger partial charge in [0.05, 0.1) is 6.26 Å². The molecular weight excluding hydrogens is 296 g/mol. The lowest BCUT2D eigenvalue weighted by molar-refractivity contribution is 0.112. The Morgan fingerprint density at radius 2 is 1.55 bits per heavy atom. The SMILES string of the molecule is CCCCCCCC(C)(CC)CN1CCN(S(C)(=O)=O)CC1. The van der Waals surface area contributed by atoms with Gasteiger partial charge in [0.1, 0.15) is 0 Å². The summed E-state index contributed by atoms with van der Waals surface area (Å²) in [5, 5.41) is 0. The molecule has 1 aliphatic rings. The van der Waals surface area contributed by atoms with Gasteiger partial charge in [-0.25, -0.2) is 8.42 Å². The minimum Gasteiger partial charge on any atom is -0.300 e. The van der Waals surface area contributed by atoms with Gasteiger partial charge in [-0.05, 0) is 18.3 Å². The summed E-state index contributed by atoms with van der Waals surface area (Å²) in [5.41, 5.74) is 0.374. The van der Waals surface area contributed by atoms with Gasteiger partial charge >= 0.3 is 0 Å². The maximum Gasteiger partial charge on any atom is 0.211 e. The topological polar surface area (TPSA) is 40.6 Å². The highest BCUT2D eigenvalue weighted by Gasteiger charge is 2.29. The van der Waals surface area contributed by atoms with Crippen molar-refractivity contribution in [2.75, 3.05) is 39.0 Å². The fraction of sp³-hybridized carbons (Fsp3) is 1.00. The van der Waals surface area contributed by atoms with Crippen molar-refractivity contribution in [1.29, 1.82) is 0 Å². The fourth-order valence-electron chi connectivity index (χ4n) is 3.28. The largest absolute Gasteiger partial charge is 0.300 e. The van der Waals surface area contributed by atoms with E-state index in [0.29, 0.717) is 18.5 Å². The van der Waals surface area contributed by atoms with Gasteiger partial charge in [0, 0.05) is 32.7 Å². The van der Waals surface area contributed by atoms with Gasteiger partial charge in [-0.3, -0.25) is 0 Å². The lowest BCUT2D eigenvalue weighted by atomic mass is 9.81. The lowest BCUT2D eigenvalue weighted by Crippen LogP contribution is -2.50. The first kappa shape index (κ1) is 19.9. The Morgan fingerprint density at radius 1 is 0.955 bits per heavy atom. The van der Waals surface area contributed by atoms with Gasteiger partial charge in [0.15, 0.2) is 0 Å². The van der Waals surface area contributed by atoms with E-state index in [1.165, 1.54) is 51.2 Å². The highest BCUT2D eigenvalue weighted by molar-refractivity contribution is 7.88. The summed E-state index contributed by atoms with van der Waals surface area (Å²) in [5.74, 6) is 0. The van der Waals surface area contributed by atoms with Crippen molar-refractivity contribution in [1.82, 2.24) is 9.21 Å². The van der Waals surface area contributed by atoms with Crippen LogP contribution in [-0.2, 0) is 10.0 Å². The molecule has 0 saturated carbocycles. The maximum atomic E-state index is 11.6. The first-order valence-corrected chi connectivity index (χ1v) is 10.8. The predicted molar refractivity (Wildman–Crippen MR) is 94.6 cm³/mol. The van der Waals surface area contributed by atoms with E-state index in [0.717, 1.165) is 19.6 Å². The van der Waals surface area contributed by atoms with Gasteiger partial charge in [-0.1, -0.05) is 52.9 Å². The molecule has 0 bridgehead atoms. The first-order chi connectivity index (χ1) is 10.3. The Bertz CT molecular complexity index is 403. The van der Waals surface area contributed by atoms with Crippen LogP contribution in [-0.4, -0.2) is 56.6 Å². The molecular formula is C17H36N2O2S. The molecule has 1 heterocycles. The Hall–Kier alpha value is -0.130. The van der Waals surface area contributed by atoms with Gasteiger partial charge < -0.3 is 4.90 Å². The van der Waals surface area contributed by atoms with E-state index in [-0.39, 0.29) is 0 Å². The Labute approximate surface area is 138 Å². The molecule has 1 fully saturated rings. The van der Waals surface area contributed by atoms with Gasteiger partial charge in [0.25, 0.3) is 0 Å². The Balaban J connectivity index is 2.36. The van der Waals surface area contributed by atoms with Gasteiger partial charge in [-0.15, -0.1) is 0 Å². The van der Waals surface area contributed by atoms with Gasteiger partial charge in [0.2, 0.25) is 10.0 Å². The molecule has 1 atom stereocenters. The number of hydrogen-bond acceptors (Lipinski definition) is 3. The predicted octanol–water partition coefficient (Wildman–Crippen LogP) is 3.34. The third kappa shape index (κ3) is 6.97. The molecule has 0 aliphatic carbocycles. The first-order valence-electron chi connectivity index (χ1n) is 8.98. The van der Waals surface area contributed by atoms with Crippen LogP contribution in [0, 0.1) is 5.41 Å². The van der Waals surface area contributed by atoms with Crippen molar-refractivity contribution >= 4 is 10.0 Å². The van der Waals surface area contributed by atoms with Crippen molar-refractivity contribution in [2.24, 2.45) is 5.41 Å². The van der Waals surface area contributed by atoms with Crippen LogP contribution in [0.3, 0.4) is 0 Å². The van der Waals surface area contributed by atoms with Crippen molar-refractivity contribution in [2.45, 2.75) is 65.7 Å². The smallest absolute Gasteiger partial charge is 0.211 e. The minimum absolute atomic E-state index is 0.374. The highest BCUT2D eigenvalue weighted by atomic mass is 32.2. The van der Waals surface area contributed by atoms with Crippen molar-refractivity contribution < 1.29 is 8.42 Å². The van der Waals surface area contributed by atoms with Crippen molar-refractivity contribution in [3.05, 3.63) is 0 Å². The molecule has 0 N–H and O–H groups in total. The number of nitrogens with zero attached hydrogens (tertiary/aromatic N) is 2. The second kappa shape index (κ2) is 9.24. The zero-order valence-corrected chi connectivity index (χ0v) is 15.9. The average molecular weight is 333 g/mol. The summed E-state index contributed by atoms with van der Waals surface area (Å²) in [6, 6.07) is 0. The van der Waals surface area contributed by atoms with E-state index < -0.39 is 10.0 Å². The van der Waals surface area contributed by atoms with Crippen LogP contribution in [0.25, 0.3) is 0 Å². The van der Waals surface area contributed by atoms with Crippen LogP contribution in [0.2, 0.25) is 0 Å². The number of piperazine rings is 1. The summed E-state index contributed by atoms with van der Waals surface area (Å²) in [7, 11) is -3.01. The van der Waals surface area contributed by atoms with Crippen LogP contribution < -0.4 is 0 Å². The molecule has 1 rings (SSSR count). The average Bonchev–Trinajstić information content (AvgIpc) is 2.47. The van der Waals surface area contributed by atoms with Crippen molar-refractivity contribution in [3.8, 4) is 0 Å². The monoisotopic (exact) mass is 332 g/mol. The Kier molecular flexibility index (Phi) is 8.36. The second-order valence-corrected chi connectivity index (χ2v) is 9.25. The molecule has 0 aromatic rings. The molecule has 132 valence electrons. The molecule has 0 spiro atoms. The summed E-state index contributed by atoms with van der Waals surface area (Å²) in [6.07, 6.45) is 10.5. The molecule has 0 radical (unpaired) electrons.